The Balaban J connectivity index is 2.80. The molecule has 1 heterocycles. The van der Waals surface area contributed by atoms with Gasteiger partial charge in [-0.3, -0.25) is 4.79 Å². The van der Waals surface area contributed by atoms with E-state index in [0.717, 1.165) is 5.06 Å². The van der Waals surface area contributed by atoms with Crippen LogP contribution in [0.3, 0.4) is 0 Å². The Morgan fingerprint density at radius 3 is 2.33 bits per heavy atom. The Kier molecular flexibility index (Phi) is 3.48. The van der Waals surface area contributed by atoms with Crippen molar-refractivity contribution in [2.24, 2.45) is 0 Å². The largest absolute Gasteiger partial charge is 0.351 e. The first kappa shape index (κ1) is 12.9. The number of nitrogens with zero attached hydrogens (tertiary/aromatic N) is 1. The van der Waals surface area contributed by atoms with Gasteiger partial charge in [0.15, 0.2) is 0 Å². The summed E-state index contributed by atoms with van der Waals surface area (Å²) in [6.45, 7) is 7.55. The lowest BCUT2D eigenvalue weighted by atomic mass is 9.94. The average Bonchev–Trinajstić information content (AvgIpc) is 2.27. The maximum atomic E-state index is 12.0. The molecule has 1 radical (unpaired) electrons. The second kappa shape index (κ2) is 4.03. The van der Waals surface area contributed by atoms with E-state index in [1.807, 2.05) is 27.7 Å². The van der Waals surface area contributed by atoms with Crippen LogP contribution in [0, 0.1) is 0 Å². The molecular formula is C10H18BrN2O2. The van der Waals surface area contributed by atoms with E-state index in [1.54, 1.807) is 0 Å². The van der Waals surface area contributed by atoms with Crippen molar-refractivity contribution in [1.82, 2.24) is 10.4 Å². The first-order chi connectivity index (χ1) is 6.71. The zero-order valence-electron chi connectivity index (χ0n) is 9.63. The van der Waals surface area contributed by atoms with Crippen molar-refractivity contribution in [3.8, 4) is 0 Å². The highest BCUT2D eigenvalue weighted by Crippen LogP contribution is 2.39. The molecule has 1 N–H and O–H groups in total. The summed E-state index contributed by atoms with van der Waals surface area (Å²) in [5.41, 5.74) is -0.949. The number of alkyl halides is 1. The standard InChI is InChI=1S/C10H18BrN2O2/c1-9(2)5-7(12-8(14)6-11)10(3,4)13(9)15/h7H,5-6H2,1-4H3,(H,12,14). The molecule has 1 amide bonds. The zero-order valence-corrected chi connectivity index (χ0v) is 11.2. The molecule has 0 aromatic heterocycles. The summed E-state index contributed by atoms with van der Waals surface area (Å²) in [6, 6.07) is -0.0879. The first-order valence-electron chi connectivity index (χ1n) is 5.04. The quantitative estimate of drug-likeness (QED) is 0.778. The van der Waals surface area contributed by atoms with Gasteiger partial charge in [0.2, 0.25) is 5.91 Å². The van der Waals surface area contributed by atoms with E-state index in [2.05, 4.69) is 21.2 Å². The highest BCUT2D eigenvalue weighted by atomic mass is 79.9. The molecule has 1 atom stereocenters. The third kappa shape index (κ3) is 2.34. The lowest BCUT2D eigenvalue weighted by Crippen LogP contribution is -2.52. The Bertz CT molecular complexity index is 266. The Morgan fingerprint density at radius 2 is 2.00 bits per heavy atom. The lowest BCUT2D eigenvalue weighted by molar-refractivity contribution is -0.246. The van der Waals surface area contributed by atoms with E-state index in [1.165, 1.54) is 0 Å². The van der Waals surface area contributed by atoms with Gasteiger partial charge in [0.1, 0.15) is 0 Å². The molecule has 0 bridgehead atoms. The van der Waals surface area contributed by atoms with Crippen molar-refractivity contribution in [3.63, 3.8) is 0 Å². The highest BCUT2D eigenvalue weighted by molar-refractivity contribution is 9.09. The second-order valence-electron chi connectivity index (χ2n) is 5.22. The molecule has 1 unspecified atom stereocenters. The van der Waals surface area contributed by atoms with Gasteiger partial charge >= 0.3 is 0 Å². The molecule has 15 heavy (non-hydrogen) atoms. The fourth-order valence-corrected chi connectivity index (χ4v) is 2.38. The molecular weight excluding hydrogens is 260 g/mol. The number of hydrogen-bond acceptors (Lipinski definition) is 2. The van der Waals surface area contributed by atoms with Crippen LogP contribution in [0.1, 0.15) is 34.1 Å². The van der Waals surface area contributed by atoms with Gasteiger partial charge < -0.3 is 5.32 Å². The van der Waals surface area contributed by atoms with Crippen LogP contribution in [-0.2, 0) is 10.0 Å². The summed E-state index contributed by atoms with van der Waals surface area (Å²) in [6.07, 6.45) is 0.683. The molecule has 5 heteroatoms. The van der Waals surface area contributed by atoms with Crippen molar-refractivity contribution in [2.75, 3.05) is 5.33 Å². The van der Waals surface area contributed by atoms with E-state index in [4.69, 9.17) is 0 Å². The smallest absolute Gasteiger partial charge is 0.230 e. The average molecular weight is 278 g/mol. The number of hydroxylamine groups is 2. The molecule has 1 aliphatic rings. The Hall–Kier alpha value is -0.130. The van der Waals surface area contributed by atoms with E-state index in [0.29, 0.717) is 6.42 Å². The molecule has 0 aromatic carbocycles. The lowest BCUT2D eigenvalue weighted by Gasteiger charge is -2.33. The molecule has 0 aromatic rings. The van der Waals surface area contributed by atoms with Crippen molar-refractivity contribution in [1.29, 1.82) is 0 Å². The predicted octanol–water partition coefficient (Wildman–Crippen LogP) is 1.47. The predicted molar refractivity (Wildman–Crippen MR) is 61.0 cm³/mol. The second-order valence-corrected chi connectivity index (χ2v) is 5.78. The number of carbonyl (C=O) groups excluding carboxylic acids is 1. The third-order valence-corrected chi connectivity index (χ3v) is 3.60. The van der Waals surface area contributed by atoms with Crippen LogP contribution in [-0.4, -0.2) is 33.4 Å². The molecule has 87 valence electrons. The van der Waals surface area contributed by atoms with Gasteiger partial charge in [-0.25, -0.2) is 0 Å². The third-order valence-electron chi connectivity index (χ3n) is 3.09. The van der Waals surface area contributed by atoms with Crippen LogP contribution < -0.4 is 5.32 Å². The molecule has 1 fully saturated rings. The van der Waals surface area contributed by atoms with Crippen molar-refractivity contribution < 1.29 is 10.0 Å². The molecule has 1 aliphatic heterocycles. The number of nitrogens with one attached hydrogen (secondary N) is 1. The first-order valence-corrected chi connectivity index (χ1v) is 6.17. The number of halogens is 1. The minimum absolute atomic E-state index is 0.0702. The molecule has 0 saturated carbocycles. The summed E-state index contributed by atoms with van der Waals surface area (Å²) >= 11 is 3.10. The summed E-state index contributed by atoms with van der Waals surface area (Å²) in [4.78, 5) is 11.3. The fraction of sp³-hybridized carbons (Fsp3) is 0.900. The van der Waals surface area contributed by atoms with Crippen LogP contribution in [0.4, 0.5) is 0 Å². The van der Waals surface area contributed by atoms with Gasteiger partial charge in [0.05, 0.1) is 16.9 Å². The maximum absolute atomic E-state index is 12.0. The molecule has 0 aliphatic carbocycles. The molecule has 1 rings (SSSR count). The number of hydrogen-bond donors (Lipinski definition) is 1. The SMILES string of the molecule is CC1(C)CC(NC(=O)CBr)C(C)(C)N1[O]. The Labute approximate surface area is 99.1 Å². The monoisotopic (exact) mass is 277 g/mol. The Morgan fingerprint density at radius 1 is 1.47 bits per heavy atom. The van der Waals surface area contributed by atoms with Gasteiger partial charge in [-0.05, 0) is 34.1 Å². The van der Waals surface area contributed by atoms with Gasteiger partial charge in [-0.1, -0.05) is 15.9 Å². The van der Waals surface area contributed by atoms with E-state index < -0.39 is 11.1 Å². The van der Waals surface area contributed by atoms with Crippen LogP contribution in [0.2, 0.25) is 0 Å². The summed E-state index contributed by atoms with van der Waals surface area (Å²) in [7, 11) is 0. The normalized spacial score (nSPS) is 29.1. The van der Waals surface area contributed by atoms with Crippen LogP contribution in [0.5, 0.6) is 0 Å². The van der Waals surface area contributed by atoms with Crippen molar-refractivity contribution in [2.45, 2.75) is 51.2 Å². The van der Waals surface area contributed by atoms with Gasteiger partial charge in [0, 0.05) is 5.54 Å². The van der Waals surface area contributed by atoms with Crippen LogP contribution >= 0.6 is 15.9 Å². The van der Waals surface area contributed by atoms with Crippen LogP contribution in [0.15, 0.2) is 0 Å². The van der Waals surface area contributed by atoms with Crippen molar-refractivity contribution in [3.05, 3.63) is 0 Å². The molecule has 4 nitrogen and oxygen atoms in total. The number of rotatable bonds is 2. The summed E-state index contributed by atoms with van der Waals surface area (Å²) in [5.74, 6) is -0.0702. The van der Waals surface area contributed by atoms with Gasteiger partial charge in [0.25, 0.3) is 0 Å². The highest BCUT2D eigenvalue weighted by Gasteiger charge is 2.52. The minimum Gasteiger partial charge on any atom is -0.351 e. The zero-order chi connectivity index (χ0) is 11.9. The van der Waals surface area contributed by atoms with Gasteiger partial charge in [-0.2, -0.15) is 0 Å². The molecule has 0 spiro atoms. The summed E-state index contributed by atoms with van der Waals surface area (Å²) < 4.78 is 0. The summed E-state index contributed by atoms with van der Waals surface area (Å²) in [5, 5.41) is 16.2. The van der Waals surface area contributed by atoms with E-state index >= 15 is 0 Å². The number of carbonyl (C=O) groups is 1. The van der Waals surface area contributed by atoms with Crippen LogP contribution in [0.25, 0.3) is 0 Å². The van der Waals surface area contributed by atoms with Crippen molar-refractivity contribution >= 4 is 21.8 Å². The fourth-order valence-electron chi connectivity index (χ4n) is 2.21. The maximum Gasteiger partial charge on any atom is 0.230 e. The van der Waals surface area contributed by atoms with E-state index in [9.17, 15) is 10.0 Å². The van der Waals surface area contributed by atoms with E-state index in [-0.39, 0.29) is 17.3 Å². The number of amides is 1. The molecule has 1 saturated heterocycles. The van der Waals surface area contributed by atoms with Gasteiger partial charge in [-0.15, -0.1) is 10.3 Å². The topological polar surface area (TPSA) is 52.2 Å². The minimum atomic E-state index is -0.540.